The van der Waals surface area contributed by atoms with Crippen molar-refractivity contribution in [2.75, 3.05) is 34.5 Å². The summed E-state index contributed by atoms with van der Waals surface area (Å²) in [5.41, 5.74) is 1.59. The van der Waals surface area contributed by atoms with Gasteiger partial charge in [0.2, 0.25) is 0 Å². The lowest BCUT2D eigenvalue weighted by Crippen LogP contribution is -1.97. The van der Waals surface area contributed by atoms with Gasteiger partial charge in [-0.25, -0.2) is 0 Å². The first-order valence-corrected chi connectivity index (χ1v) is 9.49. The molecule has 0 bridgehead atoms. The molecule has 0 aromatic carbocycles. The number of hydrogen-bond donors (Lipinski definition) is 2. The predicted octanol–water partition coefficient (Wildman–Crippen LogP) is 4.04. The first kappa shape index (κ1) is 15.2. The highest BCUT2D eigenvalue weighted by molar-refractivity contribution is 8.00. The summed E-state index contributed by atoms with van der Waals surface area (Å²) in [5.74, 6) is 8.33. The number of hydrogen-bond acceptors (Lipinski definition) is 4. The van der Waals surface area contributed by atoms with Gasteiger partial charge >= 0.3 is 0 Å². The van der Waals surface area contributed by atoms with Crippen LogP contribution in [0.4, 0.5) is 0 Å². The van der Waals surface area contributed by atoms with Gasteiger partial charge < -0.3 is 0 Å². The normalized spacial score (nSPS) is 23.9. The van der Waals surface area contributed by atoms with Crippen LogP contribution in [-0.4, -0.2) is 34.5 Å². The van der Waals surface area contributed by atoms with Crippen LogP contribution in [0.15, 0.2) is 11.6 Å². The van der Waals surface area contributed by atoms with Gasteiger partial charge in [-0.15, -0.1) is 0 Å². The number of thioether (sulfide) groups is 2. The Balaban J connectivity index is 0.000000160. The van der Waals surface area contributed by atoms with Crippen molar-refractivity contribution in [3.8, 4) is 0 Å². The maximum absolute atomic E-state index is 4.19. The minimum absolute atomic E-state index is 0.998. The van der Waals surface area contributed by atoms with Gasteiger partial charge in [-0.05, 0) is 48.2 Å². The highest BCUT2D eigenvalue weighted by Crippen LogP contribution is 2.25. The van der Waals surface area contributed by atoms with E-state index in [1.807, 2.05) is 11.8 Å². The van der Waals surface area contributed by atoms with Gasteiger partial charge in [-0.2, -0.15) is 48.8 Å². The molecule has 0 saturated carbocycles. The minimum Gasteiger partial charge on any atom is -0.179 e. The van der Waals surface area contributed by atoms with Crippen molar-refractivity contribution in [1.29, 1.82) is 0 Å². The van der Waals surface area contributed by atoms with E-state index in [9.17, 15) is 0 Å². The zero-order valence-electron chi connectivity index (χ0n) is 9.73. The smallest absolute Gasteiger partial charge is 0.0147 e. The standard InChI is InChI=1S/C6H12S2.C6H10S2/c2*7-3-1-6-2-4-8-5-6/h6-7H,1-5H2;2,7H,1,3-5H2. The van der Waals surface area contributed by atoms with Crippen molar-refractivity contribution in [2.45, 2.75) is 19.3 Å². The summed E-state index contributed by atoms with van der Waals surface area (Å²) in [7, 11) is 0. The Bertz CT molecular complexity index is 197. The average molecular weight is 295 g/mol. The molecule has 0 N–H and O–H groups in total. The van der Waals surface area contributed by atoms with Crippen LogP contribution in [0.3, 0.4) is 0 Å². The van der Waals surface area contributed by atoms with E-state index < -0.39 is 0 Å². The van der Waals surface area contributed by atoms with Crippen LogP contribution in [0.2, 0.25) is 0 Å². The molecule has 0 spiro atoms. The molecule has 0 aliphatic carbocycles. The Labute approximate surface area is 120 Å². The molecule has 94 valence electrons. The quantitative estimate of drug-likeness (QED) is 0.593. The van der Waals surface area contributed by atoms with Crippen molar-refractivity contribution in [1.82, 2.24) is 0 Å². The highest BCUT2D eigenvalue weighted by atomic mass is 32.2. The molecule has 1 fully saturated rings. The molecule has 16 heavy (non-hydrogen) atoms. The van der Waals surface area contributed by atoms with Crippen molar-refractivity contribution in [3.05, 3.63) is 11.6 Å². The summed E-state index contributed by atoms with van der Waals surface area (Å²) in [6.45, 7) is 0. The van der Waals surface area contributed by atoms with E-state index >= 15 is 0 Å². The molecule has 1 atom stereocenters. The van der Waals surface area contributed by atoms with E-state index in [1.54, 1.807) is 5.57 Å². The van der Waals surface area contributed by atoms with E-state index in [1.165, 1.54) is 42.3 Å². The van der Waals surface area contributed by atoms with Gasteiger partial charge in [0.1, 0.15) is 0 Å². The molecule has 0 aromatic heterocycles. The molecule has 0 amide bonds. The third kappa shape index (κ3) is 6.77. The first-order chi connectivity index (χ1) is 7.86. The van der Waals surface area contributed by atoms with Crippen molar-refractivity contribution in [3.63, 3.8) is 0 Å². The molecule has 0 aromatic rings. The monoisotopic (exact) mass is 294 g/mol. The SMILES string of the molecule is SCCC1=CCSC1.SCCC1CCSC1. The third-order valence-corrected chi connectivity index (χ3v) is 5.46. The second-order valence-corrected chi connectivity index (χ2v) is 7.17. The van der Waals surface area contributed by atoms with Crippen LogP contribution in [0, 0.1) is 5.92 Å². The average Bonchev–Trinajstić information content (AvgIpc) is 2.92. The van der Waals surface area contributed by atoms with E-state index in [-0.39, 0.29) is 0 Å². The molecule has 2 aliphatic rings. The minimum atomic E-state index is 0.998. The second kappa shape index (κ2) is 10.1. The molecule has 2 heterocycles. The number of thiol groups is 2. The van der Waals surface area contributed by atoms with E-state index in [0.717, 1.165) is 17.4 Å². The molecular weight excluding hydrogens is 272 g/mol. The summed E-state index contributed by atoms with van der Waals surface area (Å²) >= 11 is 12.4. The fraction of sp³-hybridized carbons (Fsp3) is 0.833. The predicted molar refractivity (Wildman–Crippen MR) is 87.8 cm³/mol. The van der Waals surface area contributed by atoms with Crippen LogP contribution in [0.1, 0.15) is 19.3 Å². The van der Waals surface area contributed by atoms with Crippen LogP contribution in [-0.2, 0) is 0 Å². The maximum Gasteiger partial charge on any atom is 0.0147 e. The zero-order valence-corrected chi connectivity index (χ0v) is 13.2. The van der Waals surface area contributed by atoms with Gasteiger partial charge in [-0.3, -0.25) is 0 Å². The van der Waals surface area contributed by atoms with Crippen molar-refractivity contribution in [2.24, 2.45) is 5.92 Å². The Hall–Kier alpha value is 1.14. The van der Waals surface area contributed by atoms with E-state index in [2.05, 4.69) is 43.1 Å². The molecule has 0 nitrogen and oxygen atoms in total. The van der Waals surface area contributed by atoms with Gasteiger partial charge in [0.25, 0.3) is 0 Å². The third-order valence-electron chi connectivity index (χ3n) is 2.77. The maximum atomic E-state index is 4.19. The zero-order chi connectivity index (χ0) is 11.6. The molecule has 4 heteroatoms. The highest BCUT2D eigenvalue weighted by Gasteiger charge is 2.13. The Morgan fingerprint density at radius 3 is 2.62 bits per heavy atom. The molecule has 1 saturated heterocycles. The van der Waals surface area contributed by atoms with Crippen LogP contribution >= 0.6 is 48.8 Å². The second-order valence-electron chi connectivity index (χ2n) is 4.09. The van der Waals surface area contributed by atoms with Crippen LogP contribution < -0.4 is 0 Å². The van der Waals surface area contributed by atoms with Crippen LogP contribution in [0.5, 0.6) is 0 Å². The van der Waals surface area contributed by atoms with Crippen molar-refractivity contribution >= 4 is 48.8 Å². The topological polar surface area (TPSA) is 0 Å². The molecular formula is C12H22S4. The fourth-order valence-corrected chi connectivity index (χ4v) is 4.72. The summed E-state index contributed by atoms with van der Waals surface area (Å²) in [4.78, 5) is 0. The lowest BCUT2D eigenvalue weighted by atomic mass is 10.1. The summed E-state index contributed by atoms with van der Waals surface area (Å²) in [6.07, 6.45) is 6.28. The van der Waals surface area contributed by atoms with Crippen LogP contribution in [0.25, 0.3) is 0 Å². The largest absolute Gasteiger partial charge is 0.179 e. The van der Waals surface area contributed by atoms with Gasteiger partial charge in [0.15, 0.2) is 0 Å². The summed E-state index contributed by atoms with van der Waals surface area (Å²) in [6, 6.07) is 0. The lowest BCUT2D eigenvalue weighted by Gasteiger charge is -2.01. The summed E-state index contributed by atoms with van der Waals surface area (Å²) in [5, 5.41) is 0. The molecule has 1 unspecified atom stereocenters. The lowest BCUT2D eigenvalue weighted by molar-refractivity contribution is 0.584. The summed E-state index contributed by atoms with van der Waals surface area (Å²) < 4.78 is 0. The van der Waals surface area contributed by atoms with Gasteiger partial charge in [0, 0.05) is 11.5 Å². The Morgan fingerprint density at radius 1 is 1.25 bits per heavy atom. The Kier molecular flexibility index (Phi) is 9.59. The van der Waals surface area contributed by atoms with E-state index in [4.69, 9.17) is 0 Å². The molecule has 2 aliphatic heterocycles. The van der Waals surface area contributed by atoms with Gasteiger partial charge in [-0.1, -0.05) is 11.6 Å². The fourth-order valence-electron chi connectivity index (χ4n) is 1.74. The molecule has 0 radical (unpaired) electrons. The van der Waals surface area contributed by atoms with Crippen molar-refractivity contribution < 1.29 is 0 Å². The first-order valence-electron chi connectivity index (χ1n) is 5.92. The Morgan fingerprint density at radius 2 is 2.12 bits per heavy atom. The van der Waals surface area contributed by atoms with Gasteiger partial charge in [0.05, 0.1) is 0 Å². The van der Waals surface area contributed by atoms with E-state index in [0.29, 0.717) is 0 Å². The molecule has 2 rings (SSSR count). The number of rotatable bonds is 4.